The third-order valence-corrected chi connectivity index (χ3v) is 4.19. The van der Waals surface area contributed by atoms with Gasteiger partial charge in [0.1, 0.15) is 11.3 Å². The molecule has 112 valence electrons. The van der Waals surface area contributed by atoms with Gasteiger partial charge in [-0.15, -0.1) is 0 Å². The van der Waals surface area contributed by atoms with E-state index in [0.717, 1.165) is 22.6 Å². The Morgan fingerprint density at radius 3 is 2.95 bits per heavy atom. The topological polar surface area (TPSA) is 51.3 Å². The van der Waals surface area contributed by atoms with Crippen molar-refractivity contribution < 1.29 is 4.79 Å². The minimum Gasteiger partial charge on any atom is -0.345 e. The fourth-order valence-electron chi connectivity index (χ4n) is 2.85. The summed E-state index contributed by atoms with van der Waals surface area (Å²) in [5.74, 6) is -0.0282. The lowest BCUT2D eigenvalue weighted by Gasteiger charge is -2.09. The lowest BCUT2D eigenvalue weighted by Crippen LogP contribution is -2.25. The van der Waals surface area contributed by atoms with Gasteiger partial charge in [-0.1, -0.05) is 6.07 Å². The van der Waals surface area contributed by atoms with E-state index in [4.69, 9.17) is 0 Å². The van der Waals surface area contributed by atoms with Crippen molar-refractivity contribution in [1.82, 2.24) is 19.3 Å². The number of imidazole rings is 1. The summed E-state index contributed by atoms with van der Waals surface area (Å²) in [5.41, 5.74) is 3.79. The fraction of sp³-hybridized carbons (Fsp3) is 0.294. The van der Waals surface area contributed by atoms with Gasteiger partial charge in [-0.05, 0) is 43.5 Å². The molecule has 3 heterocycles. The first-order chi connectivity index (χ1) is 10.7. The molecule has 0 spiro atoms. The zero-order chi connectivity index (χ0) is 15.1. The van der Waals surface area contributed by atoms with Crippen molar-refractivity contribution in [3.05, 3.63) is 59.8 Å². The van der Waals surface area contributed by atoms with Gasteiger partial charge in [-0.3, -0.25) is 4.79 Å². The van der Waals surface area contributed by atoms with Crippen LogP contribution in [0.3, 0.4) is 0 Å². The average Bonchev–Trinajstić information content (AvgIpc) is 3.10. The van der Waals surface area contributed by atoms with Gasteiger partial charge >= 0.3 is 0 Å². The first-order valence-corrected chi connectivity index (χ1v) is 7.60. The standard InChI is InChI=1S/C17H18N4O/c1-12-4-2-9-21-14(10-18-16(12)21)11-19-17(22)15-5-3-8-20(15)13-6-7-13/h2-5,8-10,13H,6-7,11H2,1H3,(H,19,22). The van der Waals surface area contributed by atoms with Crippen molar-refractivity contribution in [2.45, 2.75) is 32.4 Å². The first kappa shape index (κ1) is 13.1. The number of amides is 1. The van der Waals surface area contributed by atoms with Crippen LogP contribution < -0.4 is 5.32 Å². The summed E-state index contributed by atoms with van der Waals surface area (Å²) in [6, 6.07) is 8.35. The minimum absolute atomic E-state index is 0.0282. The molecular weight excluding hydrogens is 276 g/mol. The van der Waals surface area contributed by atoms with Crippen LogP contribution >= 0.6 is 0 Å². The van der Waals surface area contributed by atoms with E-state index in [1.54, 1.807) is 0 Å². The summed E-state index contributed by atoms with van der Waals surface area (Å²) in [4.78, 5) is 16.8. The van der Waals surface area contributed by atoms with Crippen LogP contribution in [-0.4, -0.2) is 19.9 Å². The largest absolute Gasteiger partial charge is 0.345 e. The van der Waals surface area contributed by atoms with Gasteiger partial charge < -0.3 is 14.3 Å². The van der Waals surface area contributed by atoms with Crippen molar-refractivity contribution in [3.63, 3.8) is 0 Å². The molecule has 1 aliphatic carbocycles. The Balaban J connectivity index is 1.53. The molecule has 5 heteroatoms. The molecule has 0 radical (unpaired) electrons. The van der Waals surface area contributed by atoms with E-state index >= 15 is 0 Å². The summed E-state index contributed by atoms with van der Waals surface area (Å²) in [6.07, 6.45) is 8.12. The number of carbonyl (C=O) groups excluding carboxylic acids is 1. The van der Waals surface area contributed by atoms with Gasteiger partial charge in [0.2, 0.25) is 0 Å². The maximum absolute atomic E-state index is 12.4. The fourth-order valence-corrected chi connectivity index (χ4v) is 2.85. The van der Waals surface area contributed by atoms with Crippen LogP contribution in [0, 0.1) is 6.92 Å². The zero-order valence-electron chi connectivity index (χ0n) is 12.5. The van der Waals surface area contributed by atoms with Gasteiger partial charge in [-0.2, -0.15) is 0 Å². The maximum atomic E-state index is 12.4. The molecule has 3 aromatic heterocycles. The highest BCUT2D eigenvalue weighted by atomic mass is 16.1. The van der Waals surface area contributed by atoms with Crippen LogP contribution in [0.15, 0.2) is 42.9 Å². The highest BCUT2D eigenvalue weighted by Crippen LogP contribution is 2.35. The number of nitrogens with one attached hydrogen (secondary N) is 1. The minimum atomic E-state index is -0.0282. The van der Waals surface area contributed by atoms with Gasteiger partial charge in [0, 0.05) is 18.4 Å². The van der Waals surface area contributed by atoms with E-state index in [-0.39, 0.29) is 5.91 Å². The number of aromatic nitrogens is 3. The van der Waals surface area contributed by atoms with Gasteiger partial charge in [-0.25, -0.2) is 4.98 Å². The number of fused-ring (bicyclic) bond motifs is 1. The third kappa shape index (κ3) is 2.19. The molecule has 1 aliphatic rings. The van der Waals surface area contributed by atoms with E-state index in [2.05, 4.69) is 14.9 Å². The van der Waals surface area contributed by atoms with Crippen molar-refractivity contribution in [3.8, 4) is 0 Å². The molecule has 1 N–H and O–H groups in total. The zero-order valence-corrected chi connectivity index (χ0v) is 12.5. The first-order valence-electron chi connectivity index (χ1n) is 7.60. The molecule has 0 aromatic carbocycles. The maximum Gasteiger partial charge on any atom is 0.268 e. The smallest absolute Gasteiger partial charge is 0.268 e. The summed E-state index contributed by atoms with van der Waals surface area (Å²) in [5, 5.41) is 3.00. The van der Waals surface area contributed by atoms with E-state index in [9.17, 15) is 4.79 Å². The van der Waals surface area contributed by atoms with Crippen molar-refractivity contribution >= 4 is 11.6 Å². The van der Waals surface area contributed by atoms with Crippen molar-refractivity contribution in [2.75, 3.05) is 0 Å². The van der Waals surface area contributed by atoms with Crippen LogP contribution in [-0.2, 0) is 6.54 Å². The number of pyridine rings is 1. The number of aryl methyl sites for hydroxylation is 1. The Hall–Kier alpha value is -2.56. The number of carbonyl (C=O) groups is 1. The molecule has 22 heavy (non-hydrogen) atoms. The molecule has 1 saturated carbocycles. The SMILES string of the molecule is Cc1cccn2c(CNC(=O)c3cccn3C3CC3)cnc12. The molecule has 0 aliphatic heterocycles. The lowest BCUT2D eigenvalue weighted by atomic mass is 10.3. The summed E-state index contributed by atoms with van der Waals surface area (Å²) < 4.78 is 4.10. The quantitative estimate of drug-likeness (QED) is 0.804. The molecule has 3 aromatic rings. The molecule has 1 fully saturated rings. The number of hydrogen-bond acceptors (Lipinski definition) is 2. The highest BCUT2D eigenvalue weighted by molar-refractivity contribution is 5.92. The van der Waals surface area contributed by atoms with Crippen LogP contribution in [0.4, 0.5) is 0 Å². The van der Waals surface area contributed by atoms with Crippen LogP contribution in [0.25, 0.3) is 5.65 Å². The Kier molecular flexibility index (Phi) is 2.99. The molecule has 1 amide bonds. The number of rotatable bonds is 4. The summed E-state index contributed by atoms with van der Waals surface area (Å²) in [6.45, 7) is 2.51. The lowest BCUT2D eigenvalue weighted by molar-refractivity contribution is 0.0941. The summed E-state index contributed by atoms with van der Waals surface area (Å²) in [7, 11) is 0. The van der Waals surface area contributed by atoms with Crippen LogP contribution in [0.5, 0.6) is 0 Å². The van der Waals surface area contributed by atoms with Crippen molar-refractivity contribution in [2.24, 2.45) is 0 Å². The highest BCUT2D eigenvalue weighted by Gasteiger charge is 2.26. The molecule has 0 atom stereocenters. The van der Waals surface area contributed by atoms with Crippen molar-refractivity contribution in [1.29, 1.82) is 0 Å². The second-order valence-corrected chi connectivity index (χ2v) is 5.85. The Bertz CT molecular complexity index is 841. The Morgan fingerprint density at radius 2 is 2.14 bits per heavy atom. The Morgan fingerprint density at radius 1 is 1.32 bits per heavy atom. The molecular formula is C17H18N4O. The number of hydrogen-bond donors (Lipinski definition) is 1. The molecule has 0 bridgehead atoms. The average molecular weight is 294 g/mol. The molecule has 0 unspecified atom stereocenters. The van der Waals surface area contributed by atoms with E-state index in [0.29, 0.717) is 12.6 Å². The van der Waals surface area contributed by atoms with E-state index in [1.807, 2.05) is 54.2 Å². The second-order valence-electron chi connectivity index (χ2n) is 5.85. The number of nitrogens with zero attached hydrogens (tertiary/aromatic N) is 3. The monoisotopic (exact) mass is 294 g/mol. The molecule has 0 saturated heterocycles. The Labute approximate surface area is 128 Å². The van der Waals surface area contributed by atoms with Gasteiger partial charge in [0.05, 0.1) is 18.4 Å². The van der Waals surface area contributed by atoms with E-state index < -0.39 is 0 Å². The molecule has 5 nitrogen and oxygen atoms in total. The van der Waals surface area contributed by atoms with Crippen LogP contribution in [0.2, 0.25) is 0 Å². The predicted octanol–water partition coefficient (Wildman–Crippen LogP) is 2.71. The molecule has 4 rings (SSSR count). The summed E-state index contributed by atoms with van der Waals surface area (Å²) >= 11 is 0. The third-order valence-electron chi connectivity index (χ3n) is 4.19. The van der Waals surface area contributed by atoms with Gasteiger partial charge in [0.15, 0.2) is 0 Å². The predicted molar refractivity (Wildman–Crippen MR) is 83.8 cm³/mol. The second kappa shape index (κ2) is 5.02. The normalized spacial score (nSPS) is 14.4. The van der Waals surface area contributed by atoms with Crippen LogP contribution in [0.1, 0.15) is 40.6 Å². The van der Waals surface area contributed by atoms with Gasteiger partial charge in [0.25, 0.3) is 5.91 Å². The van der Waals surface area contributed by atoms with E-state index in [1.165, 1.54) is 12.8 Å².